The lowest BCUT2D eigenvalue weighted by Crippen LogP contribution is -2.15. The summed E-state index contributed by atoms with van der Waals surface area (Å²) in [5.74, 6) is 0.595. The molecule has 1 aliphatic rings. The third kappa shape index (κ3) is 4.11. The fourth-order valence-corrected chi connectivity index (χ4v) is 1.66. The van der Waals surface area contributed by atoms with Crippen molar-refractivity contribution in [3.05, 3.63) is 12.2 Å². The van der Waals surface area contributed by atoms with E-state index >= 15 is 0 Å². The van der Waals surface area contributed by atoms with E-state index in [2.05, 4.69) is 13.0 Å². The fourth-order valence-electron chi connectivity index (χ4n) is 1.66. The Bertz CT molecular complexity index is 196. The van der Waals surface area contributed by atoms with Gasteiger partial charge in [0.25, 0.3) is 0 Å². The molecule has 13 heavy (non-hydrogen) atoms. The van der Waals surface area contributed by atoms with Crippen molar-refractivity contribution in [2.45, 2.75) is 45.6 Å². The molecule has 0 bridgehead atoms. The van der Waals surface area contributed by atoms with Crippen LogP contribution in [0.2, 0.25) is 0 Å². The third-order valence-corrected chi connectivity index (χ3v) is 2.39. The Kier molecular flexibility index (Phi) is 4.00. The lowest BCUT2D eigenvalue weighted by atomic mass is 9.96. The number of carbonyl (C=O) groups excluding carboxylic acids is 1. The molecule has 0 aromatic rings. The molecule has 74 valence electrons. The van der Waals surface area contributed by atoms with Gasteiger partial charge in [-0.15, -0.1) is 0 Å². The van der Waals surface area contributed by atoms with Crippen LogP contribution in [-0.2, 0) is 9.53 Å². The standard InChI is InChI=1S/C11H18O2/c1-9-5-3-7-11(8-4-6-9)13-10(2)12/h3,7,9,11H,4-6,8H2,1-2H3/b7-3+. The Hall–Kier alpha value is -0.790. The van der Waals surface area contributed by atoms with E-state index in [1.807, 2.05) is 6.08 Å². The highest BCUT2D eigenvalue weighted by Gasteiger charge is 2.11. The van der Waals surface area contributed by atoms with Gasteiger partial charge in [0, 0.05) is 6.92 Å². The first-order valence-electron chi connectivity index (χ1n) is 5.02. The highest BCUT2D eigenvalue weighted by molar-refractivity contribution is 5.66. The molecule has 2 unspecified atom stereocenters. The molecule has 0 saturated heterocycles. The lowest BCUT2D eigenvalue weighted by Gasteiger charge is -2.17. The minimum absolute atomic E-state index is 0.0185. The van der Waals surface area contributed by atoms with Crippen LogP contribution in [0.25, 0.3) is 0 Å². The summed E-state index contributed by atoms with van der Waals surface area (Å²) in [6.07, 6.45) is 8.66. The molecular weight excluding hydrogens is 164 g/mol. The summed E-state index contributed by atoms with van der Waals surface area (Å²) < 4.78 is 5.14. The van der Waals surface area contributed by atoms with Crippen LogP contribution in [0.3, 0.4) is 0 Å². The predicted octanol–water partition coefficient (Wildman–Crippen LogP) is 2.68. The molecule has 0 saturated carbocycles. The van der Waals surface area contributed by atoms with Gasteiger partial charge in [-0.05, 0) is 31.3 Å². The molecule has 0 N–H and O–H groups in total. The Morgan fingerprint density at radius 2 is 2.23 bits per heavy atom. The van der Waals surface area contributed by atoms with Crippen LogP contribution in [0.1, 0.15) is 39.5 Å². The van der Waals surface area contributed by atoms with Gasteiger partial charge in [-0.1, -0.05) is 19.4 Å². The third-order valence-electron chi connectivity index (χ3n) is 2.39. The molecule has 2 heteroatoms. The molecule has 0 heterocycles. The van der Waals surface area contributed by atoms with E-state index in [0.29, 0.717) is 0 Å². The lowest BCUT2D eigenvalue weighted by molar-refractivity contribution is -0.144. The van der Waals surface area contributed by atoms with Crippen molar-refractivity contribution < 1.29 is 9.53 Å². The van der Waals surface area contributed by atoms with Crippen molar-refractivity contribution in [1.29, 1.82) is 0 Å². The van der Waals surface area contributed by atoms with Gasteiger partial charge in [0.05, 0.1) is 0 Å². The largest absolute Gasteiger partial charge is 0.458 e. The van der Waals surface area contributed by atoms with E-state index in [9.17, 15) is 4.79 Å². The normalized spacial score (nSPS) is 31.5. The first kappa shape index (κ1) is 10.3. The average molecular weight is 182 g/mol. The number of hydrogen-bond donors (Lipinski definition) is 0. The second kappa shape index (κ2) is 5.05. The van der Waals surface area contributed by atoms with Crippen LogP contribution in [0.4, 0.5) is 0 Å². The summed E-state index contributed by atoms with van der Waals surface area (Å²) in [6, 6.07) is 0. The van der Waals surface area contributed by atoms with Gasteiger partial charge in [0.2, 0.25) is 0 Å². The maximum Gasteiger partial charge on any atom is 0.303 e. The number of ether oxygens (including phenoxy) is 1. The Balaban J connectivity index is 2.42. The quantitative estimate of drug-likeness (QED) is 0.460. The van der Waals surface area contributed by atoms with E-state index < -0.39 is 0 Å². The first-order valence-corrected chi connectivity index (χ1v) is 5.02. The summed E-state index contributed by atoms with van der Waals surface area (Å²) >= 11 is 0. The number of esters is 1. The molecule has 0 aromatic heterocycles. The molecule has 0 amide bonds. The molecule has 1 rings (SSSR count). The van der Waals surface area contributed by atoms with Crippen LogP contribution >= 0.6 is 0 Å². The van der Waals surface area contributed by atoms with Crippen LogP contribution < -0.4 is 0 Å². The topological polar surface area (TPSA) is 26.3 Å². The maximum absolute atomic E-state index is 10.7. The van der Waals surface area contributed by atoms with E-state index in [1.54, 1.807) is 0 Å². The zero-order chi connectivity index (χ0) is 9.68. The van der Waals surface area contributed by atoms with Crippen molar-refractivity contribution in [2.75, 3.05) is 0 Å². The van der Waals surface area contributed by atoms with Crippen LogP contribution in [0.15, 0.2) is 12.2 Å². The van der Waals surface area contributed by atoms with Gasteiger partial charge in [-0.3, -0.25) is 4.79 Å². The number of hydrogen-bond acceptors (Lipinski definition) is 2. The smallest absolute Gasteiger partial charge is 0.303 e. The number of rotatable bonds is 1. The zero-order valence-electron chi connectivity index (χ0n) is 8.45. The first-order chi connectivity index (χ1) is 6.18. The average Bonchev–Trinajstić information content (AvgIpc) is 1.99. The van der Waals surface area contributed by atoms with Gasteiger partial charge < -0.3 is 4.74 Å². The highest BCUT2D eigenvalue weighted by Crippen LogP contribution is 2.18. The van der Waals surface area contributed by atoms with Gasteiger partial charge in [-0.2, -0.15) is 0 Å². The van der Waals surface area contributed by atoms with Crippen molar-refractivity contribution in [3.8, 4) is 0 Å². The Morgan fingerprint density at radius 3 is 2.92 bits per heavy atom. The zero-order valence-corrected chi connectivity index (χ0v) is 8.45. The summed E-state index contributed by atoms with van der Waals surface area (Å²) in [7, 11) is 0. The fraction of sp³-hybridized carbons (Fsp3) is 0.727. The van der Waals surface area contributed by atoms with Crippen molar-refractivity contribution in [3.63, 3.8) is 0 Å². The minimum atomic E-state index is -0.178. The minimum Gasteiger partial charge on any atom is -0.458 e. The second-order valence-electron chi connectivity index (χ2n) is 3.85. The SMILES string of the molecule is CC(=O)OC1/C=C/CC(C)CCC1. The van der Waals surface area contributed by atoms with Gasteiger partial charge in [-0.25, -0.2) is 0 Å². The monoisotopic (exact) mass is 182 g/mol. The van der Waals surface area contributed by atoms with Crippen LogP contribution in [0.5, 0.6) is 0 Å². The number of carbonyl (C=O) groups is 1. The summed E-state index contributed by atoms with van der Waals surface area (Å²) in [5.41, 5.74) is 0. The Labute approximate surface area is 80.0 Å². The second-order valence-corrected chi connectivity index (χ2v) is 3.85. The summed E-state index contributed by atoms with van der Waals surface area (Å²) in [5, 5.41) is 0. The molecule has 1 aliphatic carbocycles. The van der Waals surface area contributed by atoms with Crippen molar-refractivity contribution >= 4 is 5.97 Å². The molecule has 0 aromatic carbocycles. The number of allylic oxidation sites excluding steroid dienone is 1. The predicted molar refractivity (Wildman–Crippen MR) is 52.3 cm³/mol. The summed E-state index contributed by atoms with van der Waals surface area (Å²) in [4.78, 5) is 10.7. The van der Waals surface area contributed by atoms with Crippen molar-refractivity contribution in [1.82, 2.24) is 0 Å². The van der Waals surface area contributed by atoms with Crippen molar-refractivity contribution in [2.24, 2.45) is 5.92 Å². The molecule has 2 atom stereocenters. The molecule has 0 spiro atoms. The summed E-state index contributed by atoms with van der Waals surface area (Å²) in [6.45, 7) is 3.73. The van der Waals surface area contributed by atoms with Crippen LogP contribution in [-0.4, -0.2) is 12.1 Å². The molecule has 2 nitrogen and oxygen atoms in total. The van der Waals surface area contributed by atoms with E-state index in [0.717, 1.165) is 25.2 Å². The molecular formula is C11H18O2. The molecule has 0 aliphatic heterocycles. The van der Waals surface area contributed by atoms with Gasteiger partial charge in [0.15, 0.2) is 0 Å². The van der Waals surface area contributed by atoms with E-state index in [1.165, 1.54) is 13.3 Å². The van der Waals surface area contributed by atoms with Gasteiger partial charge >= 0.3 is 5.97 Å². The van der Waals surface area contributed by atoms with E-state index in [4.69, 9.17) is 4.74 Å². The van der Waals surface area contributed by atoms with Crippen LogP contribution in [0, 0.1) is 5.92 Å². The molecule has 0 fully saturated rings. The Morgan fingerprint density at radius 1 is 1.46 bits per heavy atom. The van der Waals surface area contributed by atoms with E-state index in [-0.39, 0.29) is 12.1 Å². The molecule has 0 radical (unpaired) electrons. The maximum atomic E-state index is 10.7. The highest BCUT2D eigenvalue weighted by atomic mass is 16.5. The van der Waals surface area contributed by atoms with Gasteiger partial charge in [0.1, 0.15) is 6.10 Å².